The average Bonchev–Trinajstić information content (AvgIpc) is 2.41. The van der Waals surface area contributed by atoms with Gasteiger partial charge in [0, 0.05) is 25.2 Å². The number of nitrogens with two attached hydrogens (primary N) is 1. The molecule has 0 bridgehead atoms. The van der Waals surface area contributed by atoms with E-state index in [4.69, 9.17) is 10.5 Å². The second kappa shape index (κ2) is 8.26. The molecule has 6 nitrogen and oxygen atoms in total. The predicted molar refractivity (Wildman–Crippen MR) is 88.1 cm³/mol. The molecular weight excluding hydrogens is 280 g/mol. The number of guanidine groups is 1. The number of rotatable bonds is 7. The summed E-state index contributed by atoms with van der Waals surface area (Å²) in [5, 5.41) is 5.75. The number of benzene rings is 1. The molecule has 1 aliphatic carbocycles. The van der Waals surface area contributed by atoms with E-state index in [1.54, 1.807) is 6.07 Å². The molecule has 0 aliphatic heterocycles. The highest BCUT2D eigenvalue weighted by Gasteiger charge is 2.16. The Balaban J connectivity index is 1.66. The molecule has 0 saturated heterocycles. The fourth-order valence-electron chi connectivity index (χ4n) is 2.17. The van der Waals surface area contributed by atoms with Gasteiger partial charge in [-0.1, -0.05) is 12.5 Å². The van der Waals surface area contributed by atoms with Crippen molar-refractivity contribution < 1.29 is 9.53 Å². The minimum Gasteiger partial charge on any atom is -0.492 e. The van der Waals surface area contributed by atoms with Crippen LogP contribution in [0, 0.1) is 5.92 Å². The lowest BCUT2D eigenvalue weighted by Crippen LogP contribution is -2.35. The van der Waals surface area contributed by atoms with Crippen LogP contribution in [0.1, 0.15) is 26.2 Å². The molecule has 0 aromatic heterocycles. The van der Waals surface area contributed by atoms with Gasteiger partial charge in [0.25, 0.3) is 0 Å². The lowest BCUT2D eigenvalue weighted by Gasteiger charge is -2.23. The number of anilines is 1. The first-order valence-electron chi connectivity index (χ1n) is 7.68. The Labute approximate surface area is 131 Å². The molecule has 1 amide bonds. The zero-order valence-electron chi connectivity index (χ0n) is 13.0. The van der Waals surface area contributed by atoms with Gasteiger partial charge in [0.2, 0.25) is 5.91 Å². The first-order chi connectivity index (χ1) is 10.6. The summed E-state index contributed by atoms with van der Waals surface area (Å²) in [6.07, 6.45) is 3.86. The van der Waals surface area contributed by atoms with Gasteiger partial charge < -0.3 is 21.1 Å². The van der Waals surface area contributed by atoms with Crippen LogP contribution in [0.25, 0.3) is 0 Å². The van der Waals surface area contributed by atoms with E-state index in [2.05, 4.69) is 15.6 Å². The summed E-state index contributed by atoms with van der Waals surface area (Å²) < 4.78 is 5.61. The third-order valence-corrected chi connectivity index (χ3v) is 3.58. The quantitative estimate of drug-likeness (QED) is 0.406. The number of amides is 1. The van der Waals surface area contributed by atoms with Crippen molar-refractivity contribution in [2.75, 3.05) is 25.0 Å². The predicted octanol–water partition coefficient (Wildman–Crippen LogP) is 1.73. The summed E-state index contributed by atoms with van der Waals surface area (Å²) in [5.74, 6) is 1.79. The molecule has 22 heavy (non-hydrogen) atoms. The van der Waals surface area contributed by atoms with Crippen LogP contribution in [0.15, 0.2) is 29.3 Å². The number of hydrogen-bond donors (Lipinski definition) is 3. The van der Waals surface area contributed by atoms with Gasteiger partial charge in [-0.3, -0.25) is 9.79 Å². The molecule has 0 heterocycles. The molecule has 0 atom stereocenters. The fourth-order valence-corrected chi connectivity index (χ4v) is 2.17. The lowest BCUT2D eigenvalue weighted by molar-refractivity contribution is -0.114. The molecule has 1 fully saturated rings. The number of nitrogens with zero attached hydrogens (tertiary/aromatic N) is 1. The summed E-state index contributed by atoms with van der Waals surface area (Å²) in [6, 6.07) is 7.29. The van der Waals surface area contributed by atoms with E-state index in [9.17, 15) is 4.79 Å². The van der Waals surface area contributed by atoms with Gasteiger partial charge in [-0.2, -0.15) is 0 Å². The molecule has 0 radical (unpaired) electrons. The minimum absolute atomic E-state index is 0.103. The molecule has 1 aromatic carbocycles. The van der Waals surface area contributed by atoms with E-state index < -0.39 is 0 Å². The van der Waals surface area contributed by atoms with Gasteiger partial charge in [-0.25, -0.2) is 0 Å². The number of ether oxygens (including phenoxy) is 1. The molecule has 4 N–H and O–H groups in total. The Hall–Kier alpha value is -2.24. The van der Waals surface area contributed by atoms with Crippen LogP contribution >= 0.6 is 0 Å². The topological polar surface area (TPSA) is 88.7 Å². The van der Waals surface area contributed by atoms with Crippen molar-refractivity contribution in [2.45, 2.75) is 26.2 Å². The van der Waals surface area contributed by atoms with Crippen LogP contribution < -0.4 is 21.1 Å². The monoisotopic (exact) mass is 304 g/mol. The van der Waals surface area contributed by atoms with Crippen LogP contribution in [0.3, 0.4) is 0 Å². The van der Waals surface area contributed by atoms with Crippen molar-refractivity contribution >= 4 is 17.6 Å². The molecule has 120 valence electrons. The average molecular weight is 304 g/mol. The van der Waals surface area contributed by atoms with E-state index in [0.717, 1.165) is 12.2 Å². The zero-order chi connectivity index (χ0) is 15.8. The van der Waals surface area contributed by atoms with Crippen LogP contribution in [-0.2, 0) is 4.79 Å². The number of carbonyl (C=O) groups excluding carboxylic acids is 1. The summed E-state index contributed by atoms with van der Waals surface area (Å²) in [6.45, 7) is 3.36. The van der Waals surface area contributed by atoms with Crippen LogP contribution in [0.5, 0.6) is 5.75 Å². The summed E-state index contributed by atoms with van der Waals surface area (Å²) in [5.41, 5.74) is 6.52. The Morgan fingerprint density at radius 2 is 2.27 bits per heavy atom. The first kappa shape index (κ1) is 16.1. The van der Waals surface area contributed by atoms with E-state index in [1.807, 2.05) is 18.2 Å². The Morgan fingerprint density at radius 1 is 1.45 bits per heavy atom. The molecular formula is C16H24N4O2. The maximum absolute atomic E-state index is 11.0. The van der Waals surface area contributed by atoms with E-state index >= 15 is 0 Å². The van der Waals surface area contributed by atoms with Gasteiger partial charge in [-0.05, 0) is 30.9 Å². The normalized spacial score (nSPS) is 15.0. The van der Waals surface area contributed by atoms with E-state index in [1.165, 1.54) is 26.2 Å². The van der Waals surface area contributed by atoms with Crippen molar-refractivity contribution in [1.82, 2.24) is 5.32 Å². The molecule has 1 saturated carbocycles. The van der Waals surface area contributed by atoms with Gasteiger partial charge in [0.05, 0.1) is 6.54 Å². The summed E-state index contributed by atoms with van der Waals surface area (Å²) in [4.78, 5) is 15.3. The van der Waals surface area contributed by atoms with E-state index in [-0.39, 0.29) is 5.91 Å². The highest BCUT2D eigenvalue weighted by Crippen LogP contribution is 2.26. The van der Waals surface area contributed by atoms with Crippen LogP contribution in [0.2, 0.25) is 0 Å². The van der Waals surface area contributed by atoms with Gasteiger partial charge >= 0.3 is 0 Å². The molecule has 0 unspecified atom stereocenters. The lowest BCUT2D eigenvalue weighted by atomic mass is 9.86. The molecule has 6 heteroatoms. The molecule has 1 aliphatic rings. The van der Waals surface area contributed by atoms with Crippen molar-refractivity contribution in [3.8, 4) is 5.75 Å². The highest BCUT2D eigenvalue weighted by atomic mass is 16.5. The molecule has 2 rings (SSSR count). The van der Waals surface area contributed by atoms with Gasteiger partial charge in [-0.15, -0.1) is 0 Å². The minimum atomic E-state index is -0.103. The second-order valence-corrected chi connectivity index (χ2v) is 5.51. The maximum atomic E-state index is 11.0. The smallest absolute Gasteiger partial charge is 0.221 e. The first-order valence-corrected chi connectivity index (χ1v) is 7.68. The Bertz CT molecular complexity index is 527. The van der Waals surface area contributed by atoms with Gasteiger partial charge in [0.1, 0.15) is 12.4 Å². The largest absolute Gasteiger partial charge is 0.492 e. The third-order valence-electron chi connectivity index (χ3n) is 3.58. The number of carbonyl (C=O) groups is 1. The Kier molecular flexibility index (Phi) is 6.06. The van der Waals surface area contributed by atoms with Crippen molar-refractivity contribution in [3.63, 3.8) is 0 Å². The van der Waals surface area contributed by atoms with E-state index in [0.29, 0.717) is 30.8 Å². The standard InChI is InChI=1S/C16H24N4O2/c1-12(21)20-14-6-3-7-15(10-14)22-9-8-18-16(17)19-11-13-4-2-5-13/h3,6-7,10,13H,2,4-5,8-9,11H2,1H3,(H,20,21)(H3,17,18,19). The second-order valence-electron chi connectivity index (χ2n) is 5.51. The van der Waals surface area contributed by atoms with Crippen LogP contribution in [0.4, 0.5) is 5.69 Å². The van der Waals surface area contributed by atoms with Gasteiger partial charge in [0.15, 0.2) is 5.96 Å². The molecule has 1 aromatic rings. The number of nitrogens with one attached hydrogen (secondary N) is 2. The SMILES string of the molecule is CC(=O)Nc1cccc(OCCNC(N)=NCC2CCC2)c1. The summed E-state index contributed by atoms with van der Waals surface area (Å²) >= 11 is 0. The maximum Gasteiger partial charge on any atom is 0.221 e. The number of aliphatic imine (C=N–C) groups is 1. The molecule has 0 spiro atoms. The van der Waals surface area contributed by atoms with Crippen molar-refractivity contribution in [1.29, 1.82) is 0 Å². The van der Waals surface area contributed by atoms with Crippen molar-refractivity contribution in [2.24, 2.45) is 16.6 Å². The fraction of sp³-hybridized carbons (Fsp3) is 0.500. The third kappa shape index (κ3) is 5.63. The Morgan fingerprint density at radius 3 is 2.95 bits per heavy atom. The van der Waals surface area contributed by atoms with Crippen molar-refractivity contribution in [3.05, 3.63) is 24.3 Å². The summed E-state index contributed by atoms with van der Waals surface area (Å²) in [7, 11) is 0. The van der Waals surface area contributed by atoms with Crippen LogP contribution in [-0.4, -0.2) is 31.6 Å². The zero-order valence-corrected chi connectivity index (χ0v) is 13.0. The highest BCUT2D eigenvalue weighted by molar-refractivity contribution is 5.88. The number of hydrogen-bond acceptors (Lipinski definition) is 3.